The molecule has 2 aromatic carbocycles. The fourth-order valence-corrected chi connectivity index (χ4v) is 4.76. The number of aromatic nitrogens is 3. The molecule has 3 aromatic rings. The second kappa shape index (κ2) is 19.6. The van der Waals surface area contributed by atoms with E-state index in [2.05, 4.69) is 25.4 Å². The van der Waals surface area contributed by atoms with Crippen LogP contribution in [0.1, 0.15) is 54.6 Å². The molecule has 43 heavy (non-hydrogen) atoms. The van der Waals surface area contributed by atoms with Gasteiger partial charge in [-0.25, -0.2) is 0 Å². The fourth-order valence-electron chi connectivity index (χ4n) is 4.58. The van der Waals surface area contributed by atoms with Gasteiger partial charge in [-0.3, -0.25) is 9.59 Å². The Balaban J connectivity index is -0.000000577. The van der Waals surface area contributed by atoms with Crippen LogP contribution >= 0.6 is 24.0 Å². The van der Waals surface area contributed by atoms with Crippen LogP contribution in [-0.4, -0.2) is 65.0 Å². The second-order valence-corrected chi connectivity index (χ2v) is 9.74. The number of benzene rings is 2. The number of halogens is 2. The number of rotatable bonds is 8. The molecule has 2 fully saturated rings. The highest BCUT2D eigenvalue weighted by atomic mass is 35.5. The summed E-state index contributed by atoms with van der Waals surface area (Å²) in [5.74, 6) is 1.20. The summed E-state index contributed by atoms with van der Waals surface area (Å²) < 4.78 is 0. The topological polar surface area (TPSA) is 229 Å². The SMILES string of the molecule is CO.Cl.N.N.N.O=C(CC(=O)c1ccc(Nc2nc(N3CCCCC3)nc(N3CCCC3)n2)cc1)Nc1ccccc1Cl.[HH].[HH].[HH].[HH]. The average molecular weight is 648 g/mol. The lowest BCUT2D eigenvalue weighted by atomic mass is 10.1. The summed E-state index contributed by atoms with van der Waals surface area (Å²) in [4.78, 5) is 43.6. The minimum absolute atomic E-state index is 0. The molecule has 0 bridgehead atoms. The summed E-state index contributed by atoms with van der Waals surface area (Å²) in [7, 11) is 1.00. The van der Waals surface area contributed by atoms with Crippen LogP contribution in [0, 0.1) is 0 Å². The van der Waals surface area contributed by atoms with E-state index >= 15 is 0 Å². The first-order valence-corrected chi connectivity index (χ1v) is 13.6. The van der Waals surface area contributed by atoms with Crippen LogP contribution in [0.4, 0.5) is 29.2 Å². The van der Waals surface area contributed by atoms with Gasteiger partial charge in [0.05, 0.1) is 17.1 Å². The molecule has 13 nitrogen and oxygen atoms in total. The lowest BCUT2D eigenvalue weighted by Crippen LogP contribution is -2.32. The van der Waals surface area contributed by atoms with Gasteiger partial charge in [0.2, 0.25) is 23.8 Å². The predicted octanol–water partition coefficient (Wildman–Crippen LogP) is 6.57. The molecule has 3 heterocycles. The van der Waals surface area contributed by atoms with Gasteiger partial charge < -0.3 is 44.0 Å². The standard InChI is InChI=1S/C27H30ClN7O2.CH4O.ClH.3H3N.4H2/c28-21-8-2-3-9-22(21)30-24(37)18-23(36)19-10-12-20(13-11-19)29-25-31-26(34-14-4-1-5-15-34)33-27(32-25)35-16-6-7-17-35;1-2;;;;;;;;/h2-3,8-13H,1,4-7,14-18H2,(H,30,37)(H,29,31,32,33);2H,1H3;1H;3*1H3;4*1H. The Morgan fingerprint density at radius 1 is 0.814 bits per heavy atom. The van der Waals surface area contributed by atoms with E-state index in [1.807, 2.05) is 0 Å². The summed E-state index contributed by atoms with van der Waals surface area (Å²) in [6.07, 6.45) is 5.51. The van der Waals surface area contributed by atoms with Crippen molar-refractivity contribution >= 4 is 64.9 Å². The van der Waals surface area contributed by atoms with Crippen molar-refractivity contribution in [2.75, 3.05) is 53.7 Å². The Labute approximate surface area is 269 Å². The normalized spacial score (nSPS) is 13.5. The number of carbonyl (C=O) groups is 2. The number of anilines is 5. The van der Waals surface area contributed by atoms with Crippen molar-refractivity contribution in [1.29, 1.82) is 0 Å². The number of amides is 1. The monoisotopic (exact) mass is 646 g/mol. The van der Waals surface area contributed by atoms with Crippen molar-refractivity contribution < 1.29 is 20.4 Å². The van der Waals surface area contributed by atoms with Crippen LogP contribution in [-0.2, 0) is 4.79 Å². The largest absolute Gasteiger partial charge is 0.400 e. The van der Waals surface area contributed by atoms with E-state index in [-0.39, 0.29) is 48.8 Å². The van der Waals surface area contributed by atoms with E-state index in [1.165, 1.54) is 6.42 Å². The van der Waals surface area contributed by atoms with Crippen LogP contribution in [0.15, 0.2) is 48.5 Å². The number of nitrogens with one attached hydrogen (secondary N) is 2. The van der Waals surface area contributed by atoms with E-state index in [9.17, 15) is 9.59 Å². The van der Waals surface area contributed by atoms with Gasteiger partial charge in [-0.2, -0.15) is 15.0 Å². The summed E-state index contributed by atoms with van der Waals surface area (Å²) in [6, 6.07) is 13.9. The third kappa shape index (κ3) is 10.9. The first-order valence-electron chi connectivity index (χ1n) is 13.2. The summed E-state index contributed by atoms with van der Waals surface area (Å²) in [6.45, 7) is 3.79. The van der Waals surface area contributed by atoms with Gasteiger partial charge in [0.15, 0.2) is 5.78 Å². The zero-order chi connectivity index (χ0) is 27.6. The number of hydrogen-bond acceptors (Lipinski definition) is 12. The molecule has 1 aromatic heterocycles. The smallest absolute Gasteiger partial charge is 0.233 e. The summed E-state index contributed by atoms with van der Waals surface area (Å²) in [5, 5.41) is 13.4. The number of nitrogens with zero attached hydrogens (tertiary/aromatic N) is 5. The zero-order valence-corrected chi connectivity index (χ0v) is 26.2. The van der Waals surface area contributed by atoms with Crippen molar-refractivity contribution in [3.05, 3.63) is 59.1 Å². The first kappa shape index (κ1) is 39.4. The lowest BCUT2D eigenvalue weighted by molar-refractivity contribution is -0.115. The lowest BCUT2D eigenvalue weighted by Gasteiger charge is -2.27. The van der Waals surface area contributed by atoms with E-state index in [1.54, 1.807) is 48.5 Å². The maximum absolute atomic E-state index is 12.7. The number of hydrogen-bond donors (Lipinski definition) is 6. The number of piperidine rings is 1. The average Bonchev–Trinajstić information content (AvgIpc) is 3.51. The zero-order valence-electron chi connectivity index (χ0n) is 24.6. The molecule has 0 unspecified atom stereocenters. The summed E-state index contributed by atoms with van der Waals surface area (Å²) in [5.41, 5.74) is 1.68. The predicted molar refractivity (Wildman–Crippen MR) is 185 cm³/mol. The molecule has 2 aliphatic rings. The van der Waals surface area contributed by atoms with Gasteiger partial charge in [0.1, 0.15) is 0 Å². The Morgan fingerprint density at radius 3 is 1.86 bits per heavy atom. The van der Waals surface area contributed by atoms with E-state index in [4.69, 9.17) is 26.7 Å². The highest BCUT2D eigenvalue weighted by molar-refractivity contribution is 6.33. The van der Waals surface area contributed by atoms with Gasteiger partial charge >= 0.3 is 0 Å². The van der Waals surface area contributed by atoms with Gasteiger partial charge in [-0.15, -0.1) is 12.4 Å². The molecule has 12 N–H and O–H groups in total. The molecule has 2 aliphatic heterocycles. The molecule has 0 radical (unpaired) electrons. The van der Waals surface area contributed by atoms with Crippen molar-refractivity contribution in [3.63, 3.8) is 0 Å². The highest BCUT2D eigenvalue weighted by Gasteiger charge is 2.21. The Hall–Kier alpha value is -3.59. The molecule has 0 atom stereocenters. The Morgan fingerprint density at radius 2 is 1.33 bits per heavy atom. The van der Waals surface area contributed by atoms with Crippen molar-refractivity contribution in [2.45, 2.75) is 38.5 Å². The summed E-state index contributed by atoms with van der Waals surface area (Å²) >= 11 is 6.08. The third-order valence-electron chi connectivity index (χ3n) is 6.57. The number of aliphatic hydroxyl groups excluding tert-OH is 1. The Kier molecular flexibility index (Phi) is 17.9. The number of Topliss-reactive ketones (excluding diaryl/α,β-unsaturated/α-hetero) is 1. The first-order chi connectivity index (χ1) is 19.0. The van der Waals surface area contributed by atoms with E-state index < -0.39 is 5.91 Å². The maximum Gasteiger partial charge on any atom is 0.233 e. The quantitative estimate of drug-likeness (QED) is 0.113. The number of aliphatic hydroxyl groups is 1. The van der Waals surface area contributed by atoms with Gasteiger partial charge in [-0.1, -0.05) is 23.7 Å². The molecule has 1 amide bonds. The van der Waals surface area contributed by atoms with Crippen LogP contribution in [0.5, 0.6) is 0 Å². The molecule has 0 saturated carbocycles. The second-order valence-electron chi connectivity index (χ2n) is 9.33. The maximum atomic E-state index is 12.7. The Bertz CT molecular complexity index is 1290. The molecule has 15 heteroatoms. The van der Waals surface area contributed by atoms with Crippen LogP contribution in [0.2, 0.25) is 5.02 Å². The van der Waals surface area contributed by atoms with Gasteiger partial charge in [0, 0.05) is 50.2 Å². The molecule has 2 saturated heterocycles. The number of carbonyl (C=O) groups excluding carboxylic acids is 2. The number of ketones is 1. The highest BCUT2D eigenvalue weighted by Crippen LogP contribution is 2.25. The molecule has 0 aliphatic carbocycles. The van der Waals surface area contributed by atoms with Crippen molar-refractivity contribution in [2.24, 2.45) is 0 Å². The molecule has 5 rings (SSSR count). The van der Waals surface area contributed by atoms with Crippen molar-refractivity contribution in [1.82, 2.24) is 33.4 Å². The third-order valence-corrected chi connectivity index (χ3v) is 6.90. The van der Waals surface area contributed by atoms with Gasteiger partial charge in [0.25, 0.3) is 0 Å². The van der Waals surface area contributed by atoms with Gasteiger partial charge in [-0.05, 0) is 68.5 Å². The van der Waals surface area contributed by atoms with Crippen molar-refractivity contribution in [3.8, 4) is 0 Å². The van der Waals surface area contributed by atoms with Crippen LogP contribution in [0.3, 0.4) is 0 Å². The minimum atomic E-state index is -0.412. The molecular weight excluding hydrogens is 595 g/mol. The molecule has 246 valence electrons. The van der Waals surface area contributed by atoms with E-state index in [0.29, 0.717) is 34.1 Å². The molecular formula is C28H52Cl2N10O3. The molecule has 0 spiro atoms. The van der Waals surface area contributed by atoms with E-state index in [0.717, 1.165) is 64.7 Å². The van der Waals surface area contributed by atoms with Crippen LogP contribution < -0.4 is 38.9 Å². The fraction of sp³-hybridized carbons (Fsp3) is 0.393. The minimum Gasteiger partial charge on any atom is -0.400 e. The number of para-hydroxylation sites is 1. The van der Waals surface area contributed by atoms with Crippen LogP contribution in [0.25, 0.3) is 0 Å².